The lowest BCUT2D eigenvalue weighted by Gasteiger charge is -2.13. The molecule has 2 amide bonds. The summed E-state index contributed by atoms with van der Waals surface area (Å²) in [7, 11) is 0. The number of hydrogen-bond acceptors (Lipinski definition) is 8. The zero-order chi connectivity index (χ0) is 24.9. The lowest BCUT2D eigenvalue weighted by molar-refractivity contribution is -0.146. The Morgan fingerprint density at radius 3 is 2.83 bits per heavy atom. The van der Waals surface area contributed by atoms with Crippen molar-refractivity contribution in [3.05, 3.63) is 64.2 Å². The van der Waals surface area contributed by atoms with E-state index in [1.54, 1.807) is 24.3 Å². The van der Waals surface area contributed by atoms with Crippen LogP contribution in [0.5, 0.6) is 11.6 Å². The number of benzene rings is 2. The van der Waals surface area contributed by atoms with Gasteiger partial charge >= 0.3 is 5.97 Å². The van der Waals surface area contributed by atoms with E-state index in [1.807, 2.05) is 19.1 Å². The van der Waals surface area contributed by atoms with Crippen molar-refractivity contribution >= 4 is 57.3 Å². The van der Waals surface area contributed by atoms with Crippen LogP contribution in [0.25, 0.3) is 16.8 Å². The summed E-state index contributed by atoms with van der Waals surface area (Å²) in [4.78, 5) is 45.7. The smallest absolute Gasteiger partial charge is 0.326 e. The minimum absolute atomic E-state index is 0.0822. The minimum Gasteiger partial charge on any atom is -0.464 e. The standard InChI is InChI=1S/C24H19ClFN3O5S/c1-2-3-10-33-20(30)13-29-22(31)19(35-24(29)32)11-16-15-7-5-4-6-14(15)8-9-18(16)34-21-17(26)12-27-23(25)28-21/h4-9,11-12H,2-3,10,13H2,1H3/b19-11+. The fraction of sp³-hybridized carbons (Fsp3) is 0.208. The van der Waals surface area contributed by atoms with E-state index in [0.29, 0.717) is 29.1 Å². The fourth-order valence-electron chi connectivity index (χ4n) is 3.29. The van der Waals surface area contributed by atoms with E-state index in [0.717, 1.165) is 22.9 Å². The summed E-state index contributed by atoms with van der Waals surface area (Å²) in [5, 5.41) is 0.725. The van der Waals surface area contributed by atoms with E-state index >= 15 is 0 Å². The van der Waals surface area contributed by atoms with E-state index in [4.69, 9.17) is 21.1 Å². The number of imide groups is 1. The summed E-state index contributed by atoms with van der Waals surface area (Å²) >= 11 is 6.47. The number of rotatable bonds is 8. The van der Waals surface area contributed by atoms with E-state index < -0.39 is 35.4 Å². The molecule has 0 unspecified atom stereocenters. The van der Waals surface area contributed by atoms with Crippen LogP contribution in [0.15, 0.2) is 47.5 Å². The van der Waals surface area contributed by atoms with Gasteiger partial charge in [0.2, 0.25) is 11.1 Å². The maximum absolute atomic E-state index is 14.2. The molecule has 8 nitrogen and oxygen atoms in total. The molecule has 35 heavy (non-hydrogen) atoms. The maximum atomic E-state index is 14.2. The molecule has 1 aliphatic heterocycles. The van der Waals surface area contributed by atoms with Gasteiger partial charge < -0.3 is 9.47 Å². The second-order valence-corrected chi connectivity index (χ2v) is 8.77. The average Bonchev–Trinajstić information content (AvgIpc) is 3.10. The van der Waals surface area contributed by atoms with Gasteiger partial charge in [-0.25, -0.2) is 4.98 Å². The zero-order valence-electron chi connectivity index (χ0n) is 18.5. The van der Waals surface area contributed by atoms with Crippen LogP contribution in [0, 0.1) is 5.82 Å². The molecule has 1 aliphatic rings. The van der Waals surface area contributed by atoms with E-state index in [1.165, 1.54) is 6.08 Å². The second kappa shape index (κ2) is 10.8. The summed E-state index contributed by atoms with van der Waals surface area (Å²) < 4.78 is 25.0. The molecule has 2 aromatic carbocycles. The molecule has 1 saturated heterocycles. The predicted octanol–water partition coefficient (Wildman–Crippen LogP) is 5.59. The number of ether oxygens (including phenoxy) is 2. The first-order valence-corrected chi connectivity index (χ1v) is 11.9. The summed E-state index contributed by atoms with van der Waals surface area (Å²) in [6, 6.07) is 10.7. The van der Waals surface area contributed by atoms with Gasteiger partial charge in [-0.1, -0.05) is 43.7 Å². The number of carbonyl (C=O) groups excluding carboxylic acids is 3. The molecule has 4 rings (SSSR count). The van der Waals surface area contributed by atoms with Crippen molar-refractivity contribution < 1.29 is 28.2 Å². The highest BCUT2D eigenvalue weighted by Crippen LogP contribution is 2.38. The number of esters is 1. The van der Waals surface area contributed by atoms with E-state index in [2.05, 4.69) is 9.97 Å². The van der Waals surface area contributed by atoms with Crippen molar-refractivity contribution in [1.29, 1.82) is 0 Å². The van der Waals surface area contributed by atoms with Crippen molar-refractivity contribution in [1.82, 2.24) is 14.9 Å². The Morgan fingerprint density at radius 2 is 2.03 bits per heavy atom. The Morgan fingerprint density at radius 1 is 1.23 bits per heavy atom. The summed E-state index contributed by atoms with van der Waals surface area (Å²) in [6.07, 6.45) is 3.90. The maximum Gasteiger partial charge on any atom is 0.326 e. The highest BCUT2D eigenvalue weighted by atomic mass is 35.5. The Bertz CT molecular complexity index is 1350. The Labute approximate surface area is 209 Å². The van der Waals surface area contributed by atoms with Crippen LogP contribution in [-0.4, -0.2) is 45.1 Å². The zero-order valence-corrected chi connectivity index (χ0v) is 20.1. The van der Waals surface area contributed by atoms with Gasteiger partial charge in [-0.05, 0) is 52.7 Å². The van der Waals surface area contributed by atoms with Gasteiger partial charge in [0.25, 0.3) is 17.0 Å². The molecule has 3 aromatic rings. The van der Waals surface area contributed by atoms with Crippen molar-refractivity contribution in [3.8, 4) is 11.6 Å². The highest BCUT2D eigenvalue weighted by Gasteiger charge is 2.37. The van der Waals surface area contributed by atoms with Gasteiger partial charge in [0, 0.05) is 5.56 Å². The molecular weight excluding hydrogens is 497 g/mol. The molecular formula is C24H19ClFN3O5S. The number of unbranched alkanes of at least 4 members (excludes halogenated alkanes) is 1. The van der Waals surface area contributed by atoms with Gasteiger partial charge in [-0.15, -0.1) is 0 Å². The summed E-state index contributed by atoms with van der Waals surface area (Å²) in [5.41, 5.74) is 0.424. The highest BCUT2D eigenvalue weighted by molar-refractivity contribution is 8.18. The number of fused-ring (bicyclic) bond motifs is 1. The third kappa shape index (κ3) is 5.60. The van der Waals surface area contributed by atoms with Crippen LogP contribution in [0.4, 0.5) is 9.18 Å². The number of amides is 2. The Hall–Kier alpha value is -3.50. The number of carbonyl (C=O) groups is 3. The second-order valence-electron chi connectivity index (χ2n) is 7.43. The molecule has 0 spiro atoms. The first-order valence-electron chi connectivity index (χ1n) is 10.7. The molecule has 0 N–H and O–H groups in total. The molecule has 1 aromatic heterocycles. The Kier molecular flexibility index (Phi) is 7.62. The fourth-order valence-corrected chi connectivity index (χ4v) is 4.24. The molecule has 180 valence electrons. The first-order chi connectivity index (χ1) is 16.9. The lowest BCUT2D eigenvalue weighted by Crippen LogP contribution is -2.34. The SMILES string of the molecule is CCCCOC(=O)CN1C(=O)S/C(=C/c2c(Oc3nc(Cl)ncc3F)ccc3ccccc23)C1=O. The van der Waals surface area contributed by atoms with Crippen LogP contribution in [0.2, 0.25) is 5.28 Å². The van der Waals surface area contributed by atoms with Crippen LogP contribution in [0.3, 0.4) is 0 Å². The third-order valence-electron chi connectivity index (χ3n) is 5.02. The summed E-state index contributed by atoms with van der Waals surface area (Å²) in [5.74, 6) is -2.33. The molecule has 0 bridgehead atoms. The van der Waals surface area contributed by atoms with Crippen LogP contribution in [-0.2, 0) is 14.3 Å². The topological polar surface area (TPSA) is 98.7 Å². The molecule has 11 heteroatoms. The van der Waals surface area contributed by atoms with Crippen LogP contribution >= 0.6 is 23.4 Å². The quantitative estimate of drug-likeness (QED) is 0.165. The van der Waals surface area contributed by atoms with Gasteiger partial charge in [0.1, 0.15) is 12.3 Å². The predicted molar refractivity (Wildman–Crippen MR) is 130 cm³/mol. The molecule has 0 atom stereocenters. The van der Waals surface area contributed by atoms with Crippen molar-refractivity contribution in [2.24, 2.45) is 0 Å². The van der Waals surface area contributed by atoms with Crippen LogP contribution < -0.4 is 4.74 Å². The lowest BCUT2D eigenvalue weighted by atomic mass is 10.0. The van der Waals surface area contributed by atoms with E-state index in [9.17, 15) is 18.8 Å². The third-order valence-corrected chi connectivity index (χ3v) is 6.11. The molecule has 0 radical (unpaired) electrons. The van der Waals surface area contributed by atoms with E-state index in [-0.39, 0.29) is 22.5 Å². The normalized spacial score (nSPS) is 14.7. The number of thioether (sulfide) groups is 1. The number of aromatic nitrogens is 2. The van der Waals surface area contributed by atoms with Crippen molar-refractivity contribution in [2.45, 2.75) is 19.8 Å². The van der Waals surface area contributed by atoms with Crippen molar-refractivity contribution in [3.63, 3.8) is 0 Å². The van der Waals surface area contributed by atoms with Gasteiger partial charge in [0.15, 0.2) is 0 Å². The monoisotopic (exact) mass is 515 g/mol. The van der Waals surface area contributed by atoms with Crippen molar-refractivity contribution in [2.75, 3.05) is 13.2 Å². The van der Waals surface area contributed by atoms with Gasteiger partial charge in [0.05, 0.1) is 17.7 Å². The molecule has 2 heterocycles. The summed E-state index contributed by atoms with van der Waals surface area (Å²) in [6.45, 7) is 1.70. The number of hydrogen-bond donors (Lipinski definition) is 0. The number of halogens is 2. The average molecular weight is 516 g/mol. The minimum atomic E-state index is -0.824. The van der Waals surface area contributed by atoms with Crippen LogP contribution in [0.1, 0.15) is 25.3 Å². The van der Waals surface area contributed by atoms with Gasteiger partial charge in [-0.3, -0.25) is 19.3 Å². The molecule has 0 aliphatic carbocycles. The number of nitrogens with zero attached hydrogens (tertiary/aromatic N) is 3. The first kappa shape index (κ1) is 24.6. The largest absolute Gasteiger partial charge is 0.464 e. The Balaban J connectivity index is 1.68. The molecule has 0 saturated carbocycles. The molecule has 1 fully saturated rings. The van der Waals surface area contributed by atoms with Gasteiger partial charge in [-0.2, -0.15) is 9.37 Å².